The Labute approximate surface area is 58.7 Å². The van der Waals surface area contributed by atoms with Crippen LogP contribution in [0.5, 0.6) is 0 Å². The van der Waals surface area contributed by atoms with Gasteiger partial charge in [-0.1, -0.05) is 18.2 Å². The number of rotatable bonds is 1. The van der Waals surface area contributed by atoms with Gasteiger partial charge in [-0.2, -0.15) is 0 Å². The highest BCUT2D eigenvalue weighted by Gasteiger charge is 2.13. The van der Waals surface area contributed by atoms with Gasteiger partial charge in [-0.15, -0.1) is 0 Å². The van der Waals surface area contributed by atoms with Crippen LogP contribution >= 0.6 is 0 Å². The lowest BCUT2D eigenvalue weighted by Gasteiger charge is -2.17. The van der Waals surface area contributed by atoms with Gasteiger partial charge in [-0.3, -0.25) is 0 Å². The molecule has 0 radical (unpaired) electrons. The zero-order valence-corrected chi connectivity index (χ0v) is 5.41. The Bertz CT molecular complexity index is 246. The number of fused-ring (bicyclic) bond motifs is 2. The second-order valence-corrected chi connectivity index (χ2v) is 2.63. The number of aliphatic hydroxyl groups is 2. The molecule has 2 aliphatic carbocycles. The Morgan fingerprint density at radius 2 is 1.60 bits per heavy atom. The average Bonchev–Trinajstić information content (AvgIpc) is 1.86. The van der Waals surface area contributed by atoms with Crippen LogP contribution in [-0.4, -0.2) is 10.2 Å². The molecule has 0 saturated carbocycles. The van der Waals surface area contributed by atoms with Crippen LogP contribution in [0.25, 0.3) is 0 Å². The summed E-state index contributed by atoms with van der Waals surface area (Å²) in [6.45, 7) is 0. The molecule has 1 aromatic rings. The molecule has 0 atom stereocenters. The van der Waals surface area contributed by atoms with Crippen LogP contribution in [0.4, 0.5) is 0 Å². The summed E-state index contributed by atoms with van der Waals surface area (Å²) in [5, 5.41) is 17.5. The molecule has 2 N–H and O–H groups in total. The molecule has 0 fully saturated rings. The molecule has 0 saturated heterocycles. The van der Waals surface area contributed by atoms with Crippen LogP contribution in [0.15, 0.2) is 18.2 Å². The summed E-state index contributed by atoms with van der Waals surface area (Å²) < 4.78 is 0. The molecule has 0 aromatic heterocycles. The molecule has 2 heteroatoms. The quantitative estimate of drug-likeness (QED) is 0.563. The Morgan fingerprint density at radius 3 is 1.90 bits per heavy atom. The summed E-state index contributed by atoms with van der Waals surface area (Å²) in [4.78, 5) is 0. The van der Waals surface area contributed by atoms with Crippen LogP contribution < -0.4 is 0 Å². The second-order valence-electron chi connectivity index (χ2n) is 2.63. The molecular formula is C8H8O2. The van der Waals surface area contributed by atoms with E-state index in [1.54, 1.807) is 0 Å². The van der Waals surface area contributed by atoms with E-state index in [-0.39, 0.29) is 0 Å². The van der Waals surface area contributed by atoms with Gasteiger partial charge in [0.2, 0.25) is 0 Å². The molecule has 3 rings (SSSR count). The Kier molecular flexibility index (Phi) is 1.07. The summed E-state index contributed by atoms with van der Waals surface area (Å²) in [5.41, 5.74) is 3.00. The predicted octanol–water partition coefficient (Wildman–Crippen LogP) is 0.574. The fourth-order valence-corrected chi connectivity index (χ4v) is 1.25. The third-order valence-electron chi connectivity index (χ3n) is 1.78. The minimum atomic E-state index is -1.31. The van der Waals surface area contributed by atoms with Crippen LogP contribution in [0, 0.1) is 0 Å². The fourth-order valence-electron chi connectivity index (χ4n) is 1.25. The van der Waals surface area contributed by atoms with Gasteiger partial charge in [0.25, 0.3) is 0 Å². The third-order valence-corrected chi connectivity index (χ3v) is 1.78. The molecule has 0 unspecified atom stereocenters. The molecule has 1 aromatic carbocycles. The monoisotopic (exact) mass is 136 g/mol. The van der Waals surface area contributed by atoms with Crippen molar-refractivity contribution in [2.75, 3.05) is 0 Å². The fraction of sp³-hybridized carbons (Fsp3) is 0.250. The van der Waals surface area contributed by atoms with Crippen LogP contribution in [0.1, 0.15) is 23.0 Å². The van der Waals surface area contributed by atoms with E-state index in [1.807, 2.05) is 18.2 Å². The first-order valence-corrected chi connectivity index (χ1v) is 3.24. The van der Waals surface area contributed by atoms with E-state index in [1.165, 1.54) is 11.1 Å². The zero-order valence-electron chi connectivity index (χ0n) is 5.41. The normalized spacial score (nSPS) is 13.5. The summed E-state index contributed by atoms with van der Waals surface area (Å²) in [6, 6.07) is 5.68. The maximum atomic E-state index is 8.73. The third kappa shape index (κ3) is 0.735. The van der Waals surface area contributed by atoms with E-state index in [2.05, 4.69) is 0 Å². The highest BCUT2D eigenvalue weighted by Crippen LogP contribution is 2.25. The molecule has 2 nitrogen and oxygen atoms in total. The molecule has 2 bridgehead atoms. The Morgan fingerprint density at radius 1 is 1.10 bits per heavy atom. The minimum absolute atomic E-state index is 0.610. The largest absolute Gasteiger partial charge is 0.364 e. The van der Waals surface area contributed by atoms with Gasteiger partial charge in [0.1, 0.15) is 0 Å². The minimum Gasteiger partial charge on any atom is -0.364 e. The van der Waals surface area contributed by atoms with Crippen molar-refractivity contribution in [3.05, 3.63) is 34.9 Å². The lowest BCUT2D eigenvalue weighted by atomic mass is 9.90. The molecule has 2 aliphatic rings. The summed E-state index contributed by atoms with van der Waals surface area (Å²) in [6.07, 6.45) is -0.310. The molecular weight excluding hydrogens is 128 g/mol. The van der Waals surface area contributed by atoms with Crippen molar-refractivity contribution in [1.29, 1.82) is 0 Å². The first kappa shape index (κ1) is 5.89. The van der Waals surface area contributed by atoms with Gasteiger partial charge >= 0.3 is 0 Å². The lowest BCUT2D eigenvalue weighted by molar-refractivity contribution is -0.0427. The first-order valence-electron chi connectivity index (χ1n) is 3.24. The van der Waals surface area contributed by atoms with E-state index in [0.29, 0.717) is 5.56 Å². The molecule has 0 aliphatic heterocycles. The SMILES string of the molecule is OC(O)c1cc2cc(c1)C2. The first-order chi connectivity index (χ1) is 4.75. The Balaban J connectivity index is 2.42. The smallest absolute Gasteiger partial charge is 0.178 e. The van der Waals surface area contributed by atoms with Gasteiger partial charge in [0.05, 0.1) is 0 Å². The van der Waals surface area contributed by atoms with Gasteiger partial charge in [0.15, 0.2) is 6.29 Å². The van der Waals surface area contributed by atoms with E-state index in [0.717, 1.165) is 6.42 Å². The number of aliphatic hydroxyl groups excluding tert-OH is 1. The van der Waals surface area contributed by atoms with Gasteiger partial charge in [-0.05, 0) is 17.5 Å². The number of hydrogen-bond acceptors (Lipinski definition) is 2. The predicted molar refractivity (Wildman–Crippen MR) is 36.4 cm³/mol. The van der Waals surface area contributed by atoms with Gasteiger partial charge in [-0.25, -0.2) is 0 Å². The standard InChI is InChI=1S/C8H8O2/c9-8(10)7-3-5-1-6(2-5)4-7/h1,3-4,8-10H,2H2. The maximum absolute atomic E-state index is 8.73. The van der Waals surface area contributed by atoms with Crippen molar-refractivity contribution >= 4 is 0 Å². The summed E-state index contributed by atoms with van der Waals surface area (Å²) >= 11 is 0. The molecule has 10 heavy (non-hydrogen) atoms. The zero-order chi connectivity index (χ0) is 7.14. The highest BCUT2D eigenvalue weighted by molar-refractivity contribution is 5.42. The number of benzene rings is 1. The van der Waals surface area contributed by atoms with E-state index in [9.17, 15) is 0 Å². The summed E-state index contributed by atoms with van der Waals surface area (Å²) in [5.74, 6) is 0. The van der Waals surface area contributed by atoms with Crippen molar-refractivity contribution in [3.63, 3.8) is 0 Å². The molecule has 0 spiro atoms. The average molecular weight is 136 g/mol. The van der Waals surface area contributed by atoms with E-state index < -0.39 is 6.29 Å². The number of hydrogen-bond donors (Lipinski definition) is 2. The second kappa shape index (κ2) is 1.81. The lowest BCUT2D eigenvalue weighted by Crippen LogP contribution is -2.05. The summed E-state index contributed by atoms with van der Waals surface area (Å²) in [7, 11) is 0. The van der Waals surface area contributed by atoms with Crippen LogP contribution in [0.2, 0.25) is 0 Å². The van der Waals surface area contributed by atoms with Gasteiger partial charge in [0, 0.05) is 5.56 Å². The maximum Gasteiger partial charge on any atom is 0.178 e. The van der Waals surface area contributed by atoms with Crippen molar-refractivity contribution in [1.82, 2.24) is 0 Å². The van der Waals surface area contributed by atoms with Crippen molar-refractivity contribution in [2.45, 2.75) is 12.7 Å². The van der Waals surface area contributed by atoms with Crippen molar-refractivity contribution in [2.24, 2.45) is 0 Å². The Hall–Kier alpha value is -0.860. The van der Waals surface area contributed by atoms with Gasteiger partial charge < -0.3 is 10.2 Å². The van der Waals surface area contributed by atoms with Crippen molar-refractivity contribution < 1.29 is 10.2 Å². The van der Waals surface area contributed by atoms with E-state index in [4.69, 9.17) is 10.2 Å². The van der Waals surface area contributed by atoms with Crippen LogP contribution in [0.3, 0.4) is 0 Å². The van der Waals surface area contributed by atoms with Crippen LogP contribution in [-0.2, 0) is 6.42 Å². The highest BCUT2D eigenvalue weighted by atomic mass is 16.5. The van der Waals surface area contributed by atoms with E-state index >= 15 is 0 Å². The van der Waals surface area contributed by atoms with Crippen molar-refractivity contribution in [3.8, 4) is 0 Å². The molecule has 52 valence electrons. The molecule has 0 heterocycles. The topological polar surface area (TPSA) is 40.5 Å². The molecule has 0 amide bonds.